The predicted molar refractivity (Wildman–Crippen MR) is 393 cm³/mol. The van der Waals surface area contributed by atoms with Gasteiger partial charge in [0.2, 0.25) is 0 Å². The molecule has 0 radical (unpaired) electrons. The third-order valence-electron chi connectivity index (χ3n) is 20.6. The zero-order chi connectivity index (χ0) is 73.6. The summed E-state index contributed by atoms with van der Waals surface area (Å²) in [6.07, 6.45) is 55.0. The van der Waals surface area contributed by atoms with Crippen LogP contribution in [-0.4, -0.2) is 177 Å². The van der Waals surface area contributed by atoms with Gasteiger partial charge in [-0.25, -0.2) is 0 Å². The van der Waals surface area contributed by atoms with E-state index >= 15 is 0 Å². The van der Waals surface area contributed by atoms with E-state index in [-0.39, 0.29) is 135 Å². The molecule has 15 atom stereocenters. The lowest BCUT2D eigenvalue weighted by molar-refractivity contribution is -0.166. The van der Waals surface area contributed by atoms with Crippen LogP contribution in [0, 0.1) is 47.3 Å². The van der Waals surface area contributed by atoms with E-state index in [4.69, 9.17) is 66.3 Å². The van der Waals surface area contributed by atoms with E-state index in [9.17, 15) is 33.6 Å². The number of esters is 7. The summed E-state index contributed by atoms with van der Waals surface area (Å²) in [5, 5.41) is 0. The number of carbonyl (C=O) groups is 7. The number of allylic oxidation sites excluding steroid dienone is 8. The van der Waals surface area contributed by atoms with Gasteiger partial charge in [-0.05, 0) is 101 Å². The smallest absolute Gasteiger partial charge is 0.310 e. The van der Waals surface area contributed by atoms with Gasteiger partial charge in [0.15, 0.2) is 0 Å². The zero-order valence-corrected chi connectivity index (χ0v) is 63.7. The zero-order valence-electron chi connectivity index (χ0n) is 63.7. The molecule has 0 bridgehead atoms. The second kappa shape index (κ2) is 52.1. The molecule has 7 fully saturated rings. The first-order valence-corrected chi connectivity index (χ1v) is 41.0. The van der Waals surface area contributed by atoms with Crippen LogP contribution >= 0.6 is 0 Å². The molecule has 104 heavy (non-hydrogen) atoms. The van der Waals surface area contributed by atoms with E-state index in [1.165, 1.54) is 70.6 Å². The first-order valence-electron chi connectivity index (χ1n) is 41.0. The van der Waals surface area contributed by atoms with Gasteiger partial charge >= 0.3 is 41.8 Å². The van der Waals surface area contributed by atoms with Crippen molar-refractivity contribution >= 4 is 41.8 Å². The number of hydrogen-bond acceptors (Lipinski definition) is 21. The molecular formula is C83H132O21. The lowest BCUT2D eigenvalue weighted by Crippen LogP contribution is -2.43. The quantitative estimate of drug-likeness (QED) is 0.0180. The molecule has 2 aliphatic carbocycles. The molecule has 9 rings (SSSR count). The van der Waals surface area contributed by atoms with Gasteiger partial charge in [-0.1, -0.05) is 204 Å². The molecule has 0 aromatic heterocycles. The Kier molecular flexibility index (Phi) is 43.2. The Morgan fingerprint density at radius 2 is 0.529 bits per heavy atom. The Morgan fingerprint density at radius 3 is 0.827 bits per heavy atom. The minimum Gasteiger partial charge on any atom is -0.463 e. The molecule has 0 aromatic rings. The summed E-state index contributed by atoms with van der Waals surface area (Å²) in [5.74, 6) is -4.20. The molecular weight excluding hydrogens is 1330 g/mol. The summed E-state index contributed by atoms with van der Waals surface area (Å²) in [6.45, 7) is 13.2. The largest absolute Gasteiger partial charge is 0.463 e. The first kappa shape index (κ1) is 86.2. The van der Waals surface area contributed by atoms with Crippen molar-refractivity contribution in [2.75, 3.05) is 92.5 Å². The van der Waals surface area contributed by atoms with Crippen molar-refractivity contribution in [1.29, 1.82) is 0 Å². The fraction of sp³-hybridized carbons (Fsp3) is 0.819. The Balaban J connectivity index is 0.000000226. The number of unbranched alkanes of at least 4 members (excludes halogenated alkanes) is 23. The van der Waals surface area contributed by atoms with Gasteiger partial charge in [0, 0.05) is 19.3 Å². The van der Waals surface area contributed by atoms with Gasteiger partial charge in [0.05, 0.1) is 69.9 Å². The molecule has 7 aliphatic heterocycles. The molecule has 590 valence electrons. The van der Waals surface area contributed by atoms with Gasteiger partial charge in [0.1, 0.15) is 89.0 Å². The maximum absolute atomic E-state index is 13.4. The maximum Gasteiger partial charge on any atom is 0.310 e. The van der Waals surface area contributed by atoms with E-state index in [0.717, 1.165) is 141 Å². The molecule has 0 amide bonds. The van der Waals surface area contributed by atoms with Gasteiger partial charge in [-0.15, -0.1) is 0 Å². The van der Waals surface area contributed by atoms with Crippen LogP contribution in [0.3, 0.4) is 0 Å². The van der Waals surface area contributed by atoms with Crippen molar-refractivity contribution < 1.29 is 99.9 Å². The highest BCUT2D eigenvalue weighted by Crippen LogP contribution is 2.43. The Hall–Kier alpha value is -5.03. The molecule has 9 aliphatic rings. The SMILES string of the molecule is CC/C=C/CC1C=CC(CCCCCCCCC(=O)OCC2CO2)C(C(=O)OCC2CO2)C1C(=O)OCC1CO1.CCCCCC1C=CC(CCCCCCCCC(=O)OCC2CO2)C(C(=O)OCC2CO2)C1C(=O)OCC1CO1.CCCCCCCC/C=C/CCCCCCCC(=O)OCC1CO1. The van der Waals surface area contributed by atoms with Crippen LogP contribution in [0.4, 0.5) is 0 Å². The third kappa shape index (κ3) is 39.7. The number of rotatable bonds is 58. The lowest BCUT2D eigenvalue weighted by Gasteiger charge is -2.37. The summed E-state index contributed by atoms with van der Waals surface area (Å²) in [6, 6.07) is 0. The lowest BCUT2D eigenvalue weighted by atomic mass is 9.67. The fourth-order valence-electron chi connectivity index (χ4n) is 13.6. The van der Waals surface area contributed by atoms with Crippen molar-refractivity contribution in [3.8, 4) is 0 Å². The minimum atomic E-state index is -0.589. The van der Waals surface area contributed by atoms with Crippen molar-refractivity contribution in [1.82, 2.24) is 0 Å². The van der Waals surface area contributed by atoms with E-state index in [2.05, 4.69) is 69.4 Å². The Bertz CT molecular complexity index is 2540. The summed E-state index contributed by atoms with van der Waals surface area (Å²) in [4.78, 5) is 88.5. The fourth-order valence-corrected chi connectivity index (χ4v) is 13.6. The van der Waals surface area contributed by atoms with E-state index in [1.54, 1.807) is 0 Å². The average Bonchev–Trinajstić information content (AvgIpc) is 1.16. The summed E-state index contributed by atoms with van der Waals surface area (Å²) in [5.41, 5.74) is 0. The average molecular weight is 1470 g/mol. The van der Waals surface area contributed by atoms with E-state index in [1.807, 2.05) is 0 Å². The van der Waals surface area contributed by atoms with Crippen molar-refractivity contribution in [3.63, 3.8) is 0 Å². The highest BCUT2D eigenvalue weighted by Gasteiger charge is 2.49. The summed E-state index contributed by atoms with van der Waals surface area (Å²) < 4.78 is 74.1. The van der Waals surface area contributed by atoms with Crippen LogP contribution < -0.4 is 0 Å². The number of ether oxygens (including phenoxy) is 14. The number of hydrogen-bond donors (Lipinski definition) is 0. The standard InChI is InChI=1S/C31H48O9.C31H46O9.C21H38O3/c2*1-2-3-8-11-22-14-15-23(12-9-6-4-5-7-10-13-27(32)38-19-24-16-35-24)29(31(34)40-21-26-18-37-26)28(22)30(33)39-20-25-17-36-25;1-2-3-4-5-6-7-8-9-10-11-12-13-14-15-16-17-21(22)24-19-20-18-23-20/h14-15,22-26,28-29H,2-13,16-21H2,1H3;3,8,14-15,22-26,28-29H,2,4-7,9-13,16-21H2,1H3;9-10,20H,2-8,11-19H2,1H3/b;8-3+;10-9+. The molecule has 15 unspecified atom stereocenters. The molecule has 0 N–H and O–H groups in total. The Morgan fingerprint density at radius 1 is 0.288 bits per heavy atom. The number of carbonyl (C=O) groups excluding carboxylic acids is 7. The molecule has 0 aromatic carbocycles. The van der Waals surface area contributed by atoms with Gasteiger partial charge < -0.3 is 66.3 Å². The topological polar surface area (TPSA) is 272 Å². The van der Waals surface area contributed by atoms with Crippen molar-refractivity contribution in [2.45, 2.75) is 295 Å². The molecule has 7 heterocycles. The van der Waals surface area contributed by atoms with Crippen LogP contribution in [0.2, 0.25) is 0 Å². The second-order valence-electron chi connectivity index (χ2n) is 30.1. The minimum absolute atomic E-state index is 0.0159. The highest BCUT2D eigenvalue weighted by molar-refractivity contribution is 5.84. The van der Waals surface area contributed by atoms with Crippen LogP contribution in [0.25, 0.3) is 0 Å². The number of epoxide rings is 7. The van der Waals surface area contributed by atoms with E-state index < -0.39 is 23.7 Å². The third-order valence-corrected chi connectivity index (χ3v) is 20.6. The van der Waals surface area contributed by atoms with Crippen LogP contribution in [-0.2, 0) is 99.9 Å². The maximum atomic E-state index is 13.4. The van der Waals surface area contributed by atoms with Crippen LogP contribution in [0.5, 0.6) is 0 Å². The first-order chi connectivity index (χ1) is 50.9. The van der Waals surface area contributed by atoms with Gasteiger partial charge in [0.25, 0.3) is 0 Å². The molecule has 21 heteroatoms. The van der Waals surface area contributed by atoms with Crippen molar-refractivity contribution in [2.24, 2.45) is 47.3 Å². The molecule has 0 saturated carbocycles. The van der Waals surface area contributed by atoms with Crippen LogP contribution in [0.1, 0.15) is 252 Å². The molecule has 21 nitrogen and oxygen atoms in total. The Labute approximate surface area is 622 Å². The van der Waals surface area contributed by atoms with Gasteiger partial charge in [-0.3, -0.25) is 33.6 Å². The molecule has 7 saturated heterocycles. The summed E-state index contributed by atoms with van der Waals surface area (Å²) in [7, 11) is 0. The van der Waals surface area contributed by atoms with Crippen molar-refractivity contribution in [3.05, 3.63) is 48.6 Å². The monoisotopic (exact) mass is 1460 g/mol. The van der Waals surface area contributed by atoms with E-state index in [0.29, 0.717) is 85.1 Å². The highest BCUT2D eigenvalue weighted by atomic mass is 16.6. The molecule has 0 spiro atoms. The normalized spacial score (nSPS) is 27.0. The summed E-state index contributed by atoms with van der Waals surface area (Å²) >= 11 is 0. The second-order valence-corrected chi connectivity index (χ2v) is 30.1. The predicted octanol–water partition coefficient (Wildman–Crippen LogP) is 14.8. The van der Waals surface area contributed by atoms with Crippen LogP contribution in [0.15, 0.2) is 48.6 Å². The van der Waals surface area contributed by atoms with Gasteiger partial charge in [-0.2, -0.15) is 0 Å².